The van der Waals surface area contributed by atoms with E-state index in [1.165, 1.54) is 16.7 Å². The Kier molecular flexibility index (Phi) is 6.28. The summed E-state index contributed by atoms with van der Waals surface area (Å²) in [7, 11) is 0. The van der Waals surface area contributed by atoms with Crippen LogP contribution in [0.25, 0.3) is 11.0 Å². The van der Waals surface area contributed by atoms with Crippen LogP contribution in [-0.4, -0.2) is 88.9 Å². The standard InChI is InChI=1S/C31H32N6O4S/c1-20(18-38)37-26-29(41)34(19-36-23-13-7-6-12-22(23)32-33-36)16-9-15-31(26)25(28(37)40)24-27(39)35(21-10-4-3-5-11-21)17-8-14-30(24,2)42-31/h3-15,20,24-26,38H,16-19H2,1-2H3/t20-,24-,25+,26?,30+,31+/m1/s1. The van der Waals surface area contributed by atoms with Crippen LogP contribution in [0.3, 0.4) is 0 Å². The lowest BCUT2D eigenvalue weighted by atomic mass is 9.74. The molecule has 5 heterocycles. The van der Waals surface area contributed by atoms with E-state index in [2.05, 4.69) is 10.3 Å². The third-order valence-corrected chi connectivity index (χ3v) is 10.9. The van der Waals surface area contributed by atoms with Crippen LogP contribution >= 0.6 is 11.8 Å². The Balaban J connectivity index is 1.31. The van der Waals surface area contributed by atoms with Gasteiger partial charge in [-0.3, -0.25) is 14.4 Å². The molecule has 42 heavy (non-hydrogen) atoms. The summed E-state index contributed by atoms with van der Waals surface area (Å²) in [6, 6.07) is 15.5. The molecule has 0 radical (unpaired) electrons. The molecule has 1 unspecified atom stereocenters. The SMILES string of the molecule is C[C@H](CO)N1C(=O)[C@@H]2[C@@H]3C(=O)N(c4ccccc4)CC=C[C@]3(C)S[C@@]23C=CCN(Cn2nnc4ccccc42)C(=O)C13. The number of carbonyl (C=O) groups is 3. The van der Waals surface area contributed by atoms with Crippen molar-refractivity contribution in [3.05, 3.63) is 78.9 Å². The molecule has 4 aliphatic heterocycles. The molecule has 1 spiro atoms. The molecule has 216 valence electrons. The Morgan fingerprint density at radius 2 is 1.69 bits per heavy atom. The highest BCUT2D eigenvalue weighted by Crippen LogP contribution is 2.65. The molecule has 7 rings (SSSR count). The van der Waals surface area contributed by atoms with Crippen LogP contribution in [-0.2, 0) is 21.1 Å². The maximum atomic E-state index is 14.6. The minimum absolute atomic E-state index is 0.135. The van der Waals surface area contributed by atoms with Gasteiger partial charge in [0.1, 0.15) is 18.2 Å². The largest absolute Gasteiger partial charge is 0.394 e. The number of aliphatic hydroxyl groups is 1. The maximum Gasteiger partial charge on any atom is 0.248 e. The first kappa shape index (κ1) is 26.9. The van der Waals surface area contributed by atoms with Crippen LogP contribution in [0.4, 0.5) is 5.69 Å². The van der Waals surface area contributed by atoms with Gasteiger partial charge in [-0.15, -0.1) is 16.9 Å². The Hall–Kier alpha value is -3.96. The molecule has 1 N–H and O–H groups in total. The number of thioether (sulfide) groups is 1. The smallest absolute Gasteiger partial charge is 0.248 e. The van der Waals surface area contributed by atoms with E-state index in [1.54, 1.807) is 21.4 Å². The fraction of sp³-hybridized carbons (Fsp3) is 0.387. The topological polar surface area (TPSA) is 112 Å². The zero-order valence-electron chi connectivity index (χ0n) is 23.4. The van der Waals surface area contributed by atoms with Crippen molar-refractivity contribution in [2.45, 2.75) is 42.1 Å². The molecule has 1 aromatic heterocycles. The van der Waals surface area contributed by atoms with E-state index in [0.717, 1.165) is 16.7 Å². The predicted molar refractivity (Wildman–Crippen MR) is 159 cm³/mol. The Labute approximate surface area is 247 Å². The molecule has 0 saturated carbocycles. The second-order valence-corrected chi connectivity index (χ2v) is 13.4. The van der Waals surface area contributed by atoms with E-state index in [4.69, 9.17) is 0 Å². The van der Waals surface area contributed by atoms with Gasteiger partial charge >= 0.3 is 0 Å². The lowest BCUT2D eigenvalue weighted by Crippen LogP contribution is -2.56. The molecule has 0 bridgehead atoms. The lowest BCUT2D eigenvalue weighted by molar-refractivity contribution is -0.146. The first-order chi connectivity index (χ1) is 20.3. The molecular weight excluding hydrogens is 552 g/mol. The molecule has 10 nitrogen and oxygen atoms in total. The van der Waals surface area contributed by atoms with Crippen molar-refractivity contribution in [3.8, 4) is 0 Å². The number of carbonyl (C=O) groups excluding carboxylic acids is 3. The van der Waals surface area contributed by atoms with Gasteiger partial charge in [0, 0.05) is 23.5 Å². The van der Waals surface area contributed by atoms with E-state index in [9.17, 15) is 19.5 Å². The third-order valence-electron chi connectivity index (χ3n) is 9.11. The van der Waals surface area contributed by atoms with E-state index < -0.39 is 33.4 Å². The van der Waals surface area contributed by atoms with Gasteiger partial charge in [-0.05, 0) is 38.1 Å². The molecule has 2 aromatic carbocycles. The summed E-state index contributed by atoms with van der Waals surface area (Å²) in [4.78, 5) is 48.4. The van der Waals surface area contributed by atoms with Gasteiger partial charge in [-0.1, -0.05) is 59.8 Å². The van der Waals surface area contributed by atoms with Crippen LogP contribution in [0.2, 0.25) is 0 Å². The van der Waals surface area contributed by atoms with Gasteiger partial charge in [0.05, 0.1) is 34.7 Å². The number of anilines is 1. The van der Waals surface area contributed by atoms with Crippen molar-refractivity contribution < 1.29 is 19.5 Å². The van der Waals surface area contributed by atoms with Crippen molar-refractivity contribution in [3.63, 3.8) is 0 Å². The number of para-hydroxylation sites is 2. The van der Waals surface area contributed by atoms with Crippen LogP contribution in [0.5, 0.6) is 0 Å². The van der Waals surface area contributed by atoms with Crippen molar-refractivity contribution in [2.75, 3.05) is 24.6 Å². The highest BCUT2D eigenvalue weighted by atomic mass is 32.2. The van der Waals surface area contributed by atoms with Crippen molar-refractivity contribution in [2.24, 2.45) is 11.8 Å². The van der Waals surface area contributed by atoms with Gasteiger partial charge < -0.3 is 19.8 Å². The van der Waals surface area contributed by atoms with Gasteiger partial charge in [-0.2, -0.15) is 0 Å². The number of fused-ring (bicyclic) bond motifs is 3. The normalized spacial score (nSPS) is 31.3. The van der Waals surface area contributed by atoms with Crippen LogP contribution in [0.15, 0.2) is 78.9 Å². The second-order valence-electron chi connectivity index (χ2n) is 11.6. The number of amides is 3. The zero-order valence-corrected chi connectivity index (χ0v) is 24.2. The average molecular weight is 585 g/mol. The number of aliphatic hydroxyl groups excluding tert-OH is 1. The number of aromatic nitrogens is 3. The first-order valence-electron chi connectivity index (χ1n) is 14.2. The molecular formula is C31H32N6O4S. The van der Waals surface area contributed by atoms with Gasteiger partial charge in [0.2, 0.25) is 17.7 Å². The summed E-state index contributed by atoms with van der Waals surface area (Å²) >= 11 is 1.53. The Morgan fingerprint density at radius 1 is 0.952 bits per heavy atom. The van der Waals surface area contributed by atoms with Gasteiger partial charge in [0.15, 0.2) is 0 Å². The Morgan fingerprint density at radius 3 is 2.48 bits per heavy atom. The molecule has 6 atom stereocenters. The van der Waals surface area contributed by atoms with Gasteiger partial charge in [0.25, 0.3) is 0 Å². The molecule has 11 heteroatoms. The molecule has 2 saturated heterocycles. The quantitative estimate of drug-likeness (QED) is 0.459. The number of likely N-dealkylation sites (tertiary alicyclic amines) is 1. The predicted octanol–water partition coefficient (Wildman–Crippen LogP) is 2.46. The number of hydrogen-bond donors (Lipinski definition) is 1. The fourth-order valence-electron chi connectivity index (χ4n) is 7.22. The second kappa shape index (κ2) is 9.81. The lowest BCUT2D eigenvalue weighted by Gasteiger charge is -2.38. The van der Waals surface area contributed by atoms with E-state index in [1.807, 2.05) is 85.8 Å². The summed E-state index contributed by atoms with van der Waals surface area (Å²) in [6.45, 7) is 4.33. The van der Waals surface area contributed by atoms with Crippen LogP contribution in [0.1, 0.15) is 13.8 Å². The molecule has 3 amide bonds. The van der Waals surface area contributed by atoms with Crippen molar-refractivity contribution >= 4 is 46.2 Å². The first-order valence-corrected chi connectivity index (χ1v) is 15.0. The van der Waals surface area contributed by atoms with E-state index in [-0.39, 0.29) is 31.0 Å². The monoisotopic (exact) mass is 584 g/mol. The highest BCUT2D eigenvalue weighted by Gasteiger charge is 2.74. The van der Waals surface area contributed by atoms with Crippen molar-refractivity contribution in [1.29, 1.82) is 0 Å². The minimum Gasteiger partial charge on any atom is -0.394 e. The highest BCUT2D eigenvalue weighted by molar-refractivity contribution is 8.02. The van der Waals surface area contributed by atoms with E-state index >= 15 is 0 Å². The third kappa shape index (κ3) is 3.79. The van der Waals surface area contributed by atoms with Crippen LogP contribution < -0.4 is 4.90 Å². The summed E-state index contributed by atoms with van der Waals surface area (Å²) in [5.74, 6) is -2.12. The summed E-state index contributed by atoms with van der Waals surface area (Å²) in [5, 5.41) is 18.7. The fourth-order valence-corrected chi connectivity index (χ4v) is 9.36. The molecule has 3 aromatic rings. The summed E-state index contributed by atoms with van der Waals surface area (Å²) in [6.07, 6.45) is 7.96. The summed E-state index contributed by atoms with van der Waals surface area (Å²) < 4.78 is -0.0182. The maximum absolute atomic E-state index is 14.6. The molecule has 2 fully saturated rings. The zero-order chi connectivity index (χ0) is 29.2. The van der Waals surface area contributed by atoms with Gasteiger partial charge in [-0.25, -0.2) is 4.68 Å². The molecule has 4 aliphatic rings. The van der Waals surface area contributed by atoms with Crippen molar-refractivity contribution in [1.82, 2.24) is 24.8 Å². The number of rotatable bonds is 5. The minimum atomic E-state index is -0.990. The number of benzene rings is 2. The Bertz CT molecular complexity index is 1640. The number of nitrogens with zero attached hydrogens (tertiary/aromatic N) is 6. The van der Waals surface area contributed by atoms with Crippen LogP contribution in [0, 0.1) is 11.8 Å². The average Bonchev–Trinajstić information content (AvgIpc) is 3.53. The molecule has 0 aliphatic carbocycles. The summed E-state index contributed by atoms with van der Waals surface area (Å²) in [5.41, 5.74) is 2.30. The number of hydrogen-bond acceptors (Lipinski definition) is 7. The van der Waals surface area contributed by atoms with E-state index in [0.29, 0.717) is 13.1 Å².